The number of halogens is 1. The van der Waals surface area contributed by atoms with Crippen LogP contribution in [0.15, 0.2) is 51.7 Å². The first-order chi connectivity index (χ1) is 12.5. The molecule has 3 heterocycles. The molecule has 128 valence electrons. The van der Waals surface area contributed by atoms with E-state index in [0.717, 1.165) is 16.9 Å². The van der Waals surface area contributed by atoms with Gasteiger partial charge in [-0.25, -0.2) is 4.98 Å². The maximum Gasteiger partial charge on any atom is 0.236 e. The fraction of sp³-hybridized carbons (Fsp3) is 0.150. The number of hydrogen-bond donors (Lipinski definition) is 0. The van der Waals surface area contributed by atoms with Crippen molar-refractivity contribution in [2.24, 2.45) is 0 Å². The Morgan fingerprint density at radius 1 is 1.12 bits per heavy atom. The van der Waals surface area contributed by atoms with Gasteiger partial charge in [0.1, 0.15) is 16.8 Å². The first-order valence-electron chi connectivity index (χ1n) is 8.38. The van der Waals surface area contributed by atoms with Crippen molar-refractivity contribution >= 4 is 50.4 Å². The second-order valence-electron chi connectivity index (χ2n) is 6.64. The van der Waals surface area contributed by atoms with E-state index >= 15 is 0 Å². The number of hydrogen-bond acceptors (Lipinski definition) is 4. The van der Waals surface area contributed by atoms with Crippen LogP contribution >= 0.6 is 11.6 Å². The number of aromatic nitrogens is 3. The molecule has 0 amide bonds. The van der Waals surface area contributed by atoms with Crippen molar-refractivity contribution < 1.29 is 4.42 Å². The summed E-state index contributed by atoms with van der Waals surface area (Å²) in [6.07, 6.45) is 0. The summed E-state index contributed by atoms with van der Waals surface area (Å²) in [5.41, 5.74) is 2.90. The number of nitrogens with zero attached hydrogens (tertiary/aromatic N) is 3. The predicted molar refractivity (Wildman–Crippen MR) is 103 cm³/mol. The maximum absolute atomic E-state index is 13.2. The van der Waals surface area contributed by atoms with Crippen LogP contribution in [0.5, 0.6) is 0 Å². The average Bonchev–Trinajstić information content (AvgIpc) is 3.00. The molecule has 26 heavy (non-hydrogen) atoms. The molecular formula is C20H14ClN3O2. The Bertz CT molecular complexity index is 1400. The van der Waals surface area contributed by atoms with Crippen LogP contribution in [0.2, 0.25) is 5.02 Å². The van der Waals surface area contributed by atoms with E-state index < -0.39 is 0 Å². The van der Waals surface area contributed by atoms with E-state index in [9.17, 15) is 4.79 Å². The molecular weight excluding hydrogens is 350 g/mol. The van der Waals surface area contributed by atoms with Crippen LogP contribution in [0, 0.1) is 0 Å². The van der Waals surface area contributed by atoms with Crippen LogP contribution in [-0.4, -0.2) is 14.4 Å². The lowest BCUT2D eigenvalue weighted by atomic mass is 10.1. The number of rotatable bonds is 1. The Morgan fingerprint density at radius 2 is 1.92 bits per heavy atom. The van der Waals surface area contributed by atoms with Gasteiger partial charge in [0.05, 0.1) is 16.4 Å². The van der Waals surface area contributed by atoms with Crippen LogP contribution < -0.4 is 5.43 Å². The first kappa shape index (κ1) is 15.3. The minimum absolute atomic E-state index is 0.130. The zero-order chi connectivity index (χ0) is 18.0. The van der Waals surface area contributed by atoms with Crippen molar-refractivity contribution in [3.63, 3.8) is 0 Å². The molecule has 0 N–H and O–H groups in total. The summed E-state index contributed by atoms with van der Waals surface area (Å²) in [6, 6.07) is 12.8. The Balaban J connectivity index is 2.11. The monoisotopic (exact) mass is 363 g/mol. The second kappa shape index (κ2) is 5.29. The maximum atomic E-state index is 13.2. The van der Waals surface area contributed by atoms with Gasteiger partial charge in [-0.05, 0) is 30.3 Å². The van der Waals surface area contributed by atoms with E-state index in [1.807, 2.05) is 28.7 Å². The minimum Gasteiger partial charge on any atom is -0.437 e. The highest BCUT2D eigenvalue weighted by atomic mass is 35.5. The number of imidazole rings is 1. The molecule has 2 aromatic carbocycles. The average molecular weight is 364 g/mol. The van der Waals surface area contributed by atoms with Gasteiger partial charge in [-0.1, -0.05) is 37.6 Å². The van der Waals surface area contributed by atoms with Gasteiger partial charge in [-0.15, -0.1) is 0 Å². The zero-order valence-corrected chi connectivity index (χ0v) is 14.9. The third kappa shape index (κ3) is 2.01. The second-order valence-corrected chi connectivity index (χ2v) is 7.07. The lowest BCUT2D eigenvalue weighted by molar-refractivity contribution is 0.632. The number of benzene rings is 2. The van der Waals surface area contributed by atoms with Crippen LogP contribution in [0.25, 0.3) is 38.7 Å². The van der Waals surface area contributed by atoms with Gasteiger partial charge in [0.25, 0.3) is 0 Å². The van der Waals surface area contributed by atoms with Crippen LogP contribution in [0.4, 0.5) is 0 Å². The molecule has 0 aliphatic rings. The predicted octanol–water partition coefficient (Wildman–Crippen LogP) is 4.92. The lowest BCUT2D eigenvalue weighted by Gasteiger charge is -2.11. The molecule has 0 saturated heterocycles. The SMILES string of the molecule is CC(C)c1nc2oc3ccc(Cl)cc3c(=O)c2c2nc3ccccc3n12. The van der Waals surface area contributed by atoms with Gasteiger partial charge in [-0.3, -0.25) is 9.20 Å². The van der Waals surface area contributed by atoms with Crippen LogP contribution in [-0.2, 0) is 0 Å². The largest absolute Gasteiger partial charge is 0.437 e. The summed E-state index contributed by atoms with van der Waals surface area (Å²) >= 11 is 6.07. The molecule has 0 saturated carbocycles. The van der Waals surface area contributed by atoms with Gasteiger partial charge in [0, 0.05) is 10.9 Å². The van der Waals surface area contributed by atoms with Crippen molar-refractivity contribution in [3.8, 4) is 0 Å². The molecule has 5 aromatic rings. The summed E-state index contributed by atoms with van der Waals surface area (Å²) in [7, 11) is 0. The van der Waals surface area contributed by atoms with Crippen molar-refractivity contribution in [2.45, 2.75) is 19.8 Å². The third-order valence-electron chi connectivity index (χ3n) is 4.58. The molecule has 0 atom stereocenters. The topological polar surface area (TPSA) is 60.4 Å². The molecule has 0 aliphatic carbocycles. The van der Waals surface area contributed by atoms with Gasteiger partial charge in [0.2, 0.25) is 11.1 Å². The normalized spacial score (nSPS) is 12.2. The van der Waals surface area contributed by atoms with Crippen LogP contribution in [0.1, 0.15) is 25.6 Å². The highest BCUT2D eigenvalue weighted by molar-refractivity contribution is 6.31. The lowest BCUT2D eigenvalue weighted by Crippen LogP contribution is -2.10. The highest BCUT2D eigenvalue weighted by Gasteiger charge is 2.20. The fourth-order valence-electron chi connectivity index (χ4n) is 3.40. The summed E-state index contributed by atoms with van der Waals surface area (Å²) < 4.78 is 7.91. The van der Waals surface area contributed by atoms with E-state index in [1.54, 1.807) is 18.2 Å². The molecule has 0 fully saturated rings. The third-order valence-corrected chi connectivity index (χ3v) is 4.81. The molecule has 0 spiro atoms. The van der Waals surface area contributed by atoms with Crippen molar-refractivity contribution in [2.75, 3.05) is 0 Å². The number of para-hydroxylation sites is 2. The first-order valence-corrected chi connectivity index (χ1v) is 8.75. The van der Waals surface area contributed by atoms with E-state index in [4.69, 9.17) is 21.0 Å². The summed E-state index contributed by atoms with van der Waals surface area (Å²) in [4.78, 5) is 22.6. The molecule has 5 nitrogen and oxygen atoms in total. The van der Waals surface area contributed by atoms with E-state index in [2.05, 4.69) is 18.8 Å². The van der Waals surface area contributed by atoms with Crippen molar-refractivity contribution in [1.82, 2.24) is 14.4 Å². The fourth-order valence-corrected chi connectivity index (χ4v) is 3.57. The zero-order valence-electron chi connectivity index (χ0n) is 14.2. The summed E-state index contributed by atoms with van der Waals surface area (Å²) in [5.74, 6) is 0.934. The summed E-state index contributed by atoms with van der Waals surface area (Å²) in [6.45, 7) is 4.11. The standard InChI is InChI=1S/C20H14ClN3O2/c1-10(2)18-23-20-16(17(25)12-9-11(21)7-8-15(12)26-20)19-22-13-5-3-4-6-14(13)24(18)19/h3-10H,1-2H3. The molecule has 3 aromatic heterocycles. The molecule has 0 unspecified atom stereocenters. The minimum atomic E-state index is -0.174. The van der Waals surface area contributed by atoms with Gasteiger partial charge in [0.15, 0.2) is 5.65 Å². The van der Waals surface area contributed by atoms with E-state index in [0.29, 0.717) is 32.7 Å². The smallest absolute Gasteiger partial charge is 0.236 e. The molecule has 6 heteroatoms. The highest BCUT2D eigenvalue weighted by Crippen LogP contribution is 2.28. The Morgan fingerprint density at radius 3 is 2.73 bits per heavy atom. The molecule has 0 radical (unpaired) electrons. The molecule has 5 rings (SSSR count). The summed E-state index contributed by atoms with van der Waals surface area (Å²) in [5, 5.41) is 1.29. The van der Waals surface area contributed by atoms with Crippen LogP contribution in [0.3, 0.4) is 0 Å². The van der Waals surface area contributed by atoms with Gasteiger partial charge >= 0.3 is 0 Å². The van der Waals surface area contributed by atoms with Crippen molar-refractivity contribution in [1.29, 1.82) is 0 Å². The quantitative estimate of drug-likeness (QED) is 0.397. The number of fused-ring (bicyclic) bond motifs is 6. The van der Waals surface area contributed by atoms with E-state index in [-0.39, 0.29) is 11.3 Å². The van der Waals surface area contributed by atoms with Gasteiger partial charge < -0.3 is 4.42 Å². The van der Waals surface area contributed by atoms with Gasteiger partial charge in [-0.2, -0.15) is 4.98 Å². The van der Waals surface area contributed by atoms with E-state index in [1.165, 1.54) is 0 Å². The Hall–Kier alpha value is -2.92. The molecule has 0 bridgehead atoms. The Labute approximate surface area is 152 Å². The van der Waals surface area contributed by atoms with Crippen molar-refractivity contribution in [3.05, 3.63) is 63.5 Å². The molecule has 0 aliphatic heterocycles. The Kier molecular flexibility index (Phi) is 3.12.